The Morgan fingerprint density at radius 1 is 0.500 bits per heavy atom. The Kier molecular flexibility index (Phi) is 9.98. The molecule has 4 rings (SSSR count). The van der Waals surface area contributed by atoms with Gasteiger partial charge in [0, 0.05) is 13.1 Å². The topological polar surface area (TPSA) is 6.48 Å². The molecule has 0 bridgehead atoms. The van der Waals surface area contributed by atoms with Crippen LogP contribution in [0.1, 0.15) is 44.5 Å². The first-order valence-electron chi connectivity index (χ1n) is 14.7. The van der Waals surface area contributed by atoms with Gasteiger partial charge in [-0.2, -0.15) is 22.2 Å². The molecule has 4 aromatic carbocycles. The molecule has 0 unspecified atom stereocenters. The standard InChI is InChI=1S/C36H46Cl2N2Si2/c1-25-19-27(3)35(28(4)20-25)42(38,36-29(5)21-26(2)22-30(36)6)41(37,33-17-13-11-15-31(33)23-39(7)8)34-18-14-12-16-32(34)24-40(9)10/h11-22H,23-24H2,1-10H3. The predicted molar refractivity (Wildman–Crippen MR) is 191 cm³/mol. The second kappa shape index (κ2) is 12.8. The second-order valence-electron chi connectivity index (χ2n) is 12.7. The molecule has 0 aliphatic carbocycles. The zero-order valence-electron chi connectivity index (χ0n) is 27.0. The van der Waals surface area contributed by atoms with Gasteiger partial charge in [-0.15, -0.1) is 0 Å². The molecule has 0 atom stereocenters. The van der Waals surface area contributed by atoms with Crippen LogP contribution in [0, 0.1) is 41.5 Å². The van der Waals surface area contributed by atoms with Crippen molar-refractivity contribution in [1.82, 2.24) is 9.80 Å². The maximum Gasteiger partial charge on any atom is 0.235 e. The van der Waals surface area contributed by atoms with Crippen LogP contribution in [0.4, 0.5) is 0 Å². The van der Waals surface area contributed by atoms with Crippen LogP contribution in [0.5, 0.6) is 0 Å². The van der Waals surface area contributed by atoms with Crippen LogP contribution in [0.15, 0.2) is 72.8 Å². The van der Waals surface area contributed by atoms with Crippen molar-refractivity contribution in [2.75, 3.05) is 28.2 Å². The van der Waals surface area contributed by atoms with Gasteiger partial charge in [-0.05, 0) is 124 Å². The van der Waals surface area contributed by atoms with Gasteiger partial charge in [0.25, 0.3) is 0 Å². The summed E-state index contributed by atoms with van der Waals surface area (Å²) >= 11 is 17.5. The molecule has 4 aromatic rings. The summed E-state index contributed by atoms with van der Waals surface area (Å²) in [6.45, 7) is 8.31. The van der Waals surface area contributed by atoms with E-state index < -0.39 is 13.8 Å². The Morgan fingerprint density at radius 3 is 1.12 bits per heavy atom. The molecule has 0 aromatic heterocycles. The van der Waals surface area contributed by atoms with Gasteiger partial charge in [0.15, 0.2) is 0 Å². The zero-order chi connectivity index (χ0) is 31.0. The van der Waals surface area contributed by atoms with E-state index in [1.165, 1.54) is 65.3 Å². The van der Waals surface area contributed by atoms with E-state index >= 15 is 0 Å². The van der Waals surface area contributed by atoms with E-state index in [1.807, 2.05) is 0 Å². The number of aryl methyl sites for hydroxylation is 6. The molecule has 0 aliphatic heterocycles. The van der Waals surface area contributed by atoms with Crippen LogP contribution in [0.3, 0.4) is 0 Å². The highest BCUT2D eigenvalue weighted by Crippen LogP contribution is 2.34. The average Bonchev–Trinajstić information content (AvgIpc) is 2.87. The summed E-state index contributed by atoms with van der Waals surface area (Å²) < 4.78 is 0. The van der Waals surface area contributed by atoms with Gasteiger partial charge in [0.1, 0.15) is 0 Å². The molecular weight excluding hydrogens is 587 g/mol. The van der Waals surface area contributed by atoms with Crippen molar-refractivity contribution < 1.29 is 0 Å². The normalized spacial score (nSPS) is 12.4. The van der Waals surface area contributed by atoms with E-state index in [4.69, 9.17) is 22.2 Å². The fourth-order valence-corrected chi connectivity index (χ4v) is 27.9. The van der Waals surface area contributed by atoms with Gasteiger partial charge in [-0.25, -0.2) is 0 Å². The third-order valence-corrected chi connectivity index (χ3v) is 28.9. The number of benzene rings is 4. The average molecular weight is 634 g/mol. The molecule has 6 heteroatoms. The van der Waals surface area contributed by atoms with Crippen molar-refractivity contribution in [3.63, 3.8) is 0 Å². The zero-order valence-corrected chi connectivity index (χ0v) is 30.5. The first-order valence-corrected chi connectivity index (χ1v) is 21.7. The van der Waals surface area contributed by atoms with Gasteiger partial charge in [-0.1, -0.05) is 83.9 Å². The van der Waals surface area contributed by atoms with E-state index in [0.29, 0.717) is 0 Å². The summed E-state index contributed by atoms with van der Waals surface area (Å²) in [6, 6.07) is 26.9. The van der Waals surface area contributed by atoms with E-state index in [2.05, 4.69) is 152 Å². The SMILES string of the molecule is Cc1cc(C)c([Si](Cl)(c2c(C)cc(C)cc2C)[Si](Cl)(c2ccccc2CN(C)C)c2ccccc2CN(C)C)c(C)c1. The van der Waals surface area contributed by atoms with Crippen molar-refractivity contribution >= 4 is 56.7 Å². The fraction of sp³-hybridized carbons (Fsp3) is 0.333. The lowest BCUT2D eigenvalue weighted by Crippen LogP contribution is -2.82. The highest BCUT2D eigenvalue weighted by Gasteiger charge is 2.62. The highest BCUT2D eigenvalue weighted by atomic mass is 35.6. The summed E-state index contributed by atoms with van der Waals surface area (Å²) in [4.78, 5) is 4.47. The molecule has 0 aliphatic rings. The fourth-order valence-electron chi connectivity index (χ4n) is 7.10. The second-order valence-corrected chi connectivity index (χ2v) is 27.2. The van der Waals surface area contributed by atoms with Crippen LogP contribution >= 0.6 is 22.2 Å². The predicted octanol–water partition coefficient (Wildman–Crippen LogP) is 6.04. The van der Waals surface area contributed by atoms with Crippen LogP contribution in [-0.4, -0.2) is 51.8 Å². The van der Waals surface area contributed by atoms with Gasteiger partial charge >= 0.3 is 0 Å². The quantitative estimate of drug-likeness (QED) is 0.164. The van der Waals surface area contributed by atoms with Crippen LogP contribution in [0.2, 0.25) is 0 Å². The number of hydrogen-bond donors (Lipinski definition) is 0. The molecule has 0 spiro atoms. The molecule has 2 nitrogen and oxygen atoms in total. The lowest BCUT2D eigenvalue weighted by Gasteiger charge is -2.45. The Balaban J connectivity index is 2.31. The summed E-state index contributed by atoms with van der Waals surface area (Å²) in [5, 5.41) is 5.00. The Morgan fingerprint density at radius 2 is 0.810 bits per heavy atom. The van der Waals surface area contributed by atoms with Crippen molar-refractivity contribution in [3.8, 4) is 0 Å². The van der Waals surface area contributed by atoms with Crippen molar-refractivity contribution in [1.29, 1.82) is 0 Å². The number of halogens is 2. The van der Waals surface area contributed by atoms with Gasteiger partial charge in [-0.3, -0.25) is 0 Å². The molecule has 0 heterocycles. The Labute approximate surface area is 265 Å². The van der Waals surface area contributed by atoms with E-state index in [-0.39, 0.29) is 0 Å². The highest BCUT2D eigenvalue weighted by molar-refractivity contribution is 7.84. The smallest absolute Gasteiger partial charge is 0.235 e. The van der Waals surface area contributed by atoms with Crippen molar-refractivity contribution in [2.24, 2.45) is 0 Å². The minimum Gasteiger partial charge on any atom is -0.305 e. The third-order valence-electron chi connectivity index (χ3n) is 8.27. The largest absolute Gasteiger partial charge is 0.305 e. The van der Waals surface area contributed by atoms with Gasteiger partial charge in [0.05, 0.1) is 0 Å². The summed E-state index contributed by atoms with van der Waals surface area (Å²) in [7, 11) is 8.51. The Bertz CT molecular complexity index is 1440. The lowest BCUT2D eigenvalue weighted by molar-refractivity contribution is 0.403. The molecule has 0 N–H and O–H groups in total. The minimum atomic E-state index is -3.30. The van der Waals surface area contributed by atoms with Crippen LogP contribution < -0.4 is 20.7 Å². The monoisotopic (exact) mass is 632 g/mol. The maximum atomic E-state index is 8.75. The molecule has 0 amide bonds. The number of nitrogens with zero attached hydrogens (tertiary/aromatic N) is 2. The molecule has 0 saturated carbocycles. The van der Waals surface area contributed by atoms with E-state index in [1.54, 1.807) is 0 Å². The molecular formula is C36H46Cl2N2Si2. The molecule has 0 radical (unpaired) electrons. The van der Waals surface area contributed by atoms with Crippen molar-refractivity contribution in [3.05, 3.63) is 117 Å². The lowest BCUT2D eigenvalue weighted by atomic mass is 10.1. The molecule has 0 fully saturated rings. The summed E-state index contributed by atoms with van der Waals surface area (Å²) in [5.41, 5.74) is 9.96. The maximum absolute atomic E-state index is 8.75. The summed E-state index contributed by atoms with van der Waals surface area (Å²) in [5.74, 6) is 0. The van der Waals surface area contributed by atoms with Gasteiger partial charge < -0.3 is 9.80 Å². The van der Waals surface area contributed by atoms with Crippen LogP contribution in [-0.2, 0) is 13.1 Å². The molecule has 222 valence electrons. The number of rotatable bonds is 9. The van der Waals surface area contributed by atoms with E-state index in [9.17, 15) is 0 Å². The molecule has 42 heavy (non-hydrogen) atoms. The third kappa shape index (κ3) is 5.95. The number of hydrogen-bond acceptors (Lipinski definition) is 2. The van der Waals surface area contributed by atoms with E-state index in [0.717, 1.165) is 13.1 Å². The molecule has 0 saturated heterocycles. The van der Waals surface area contributed by atoms with Gasteiger partial charge in [0.2, 0.25) is 13.8 Å². The first-order chi connectivity index (χ1) is 19.7. The minimum absolute atomic E-state index is 0.798. The summed E-state index contributed by atoms with van der Waals surface area (Å²) in [6.07, 6.45) is 0. The first kappa shape index (κ1) is 32.7. The van der Waals surface area contributed by atoms with Crippen molar-refractivity contribution in [2.45, 2.75) is 54.6 Å². The van der Waals surface area contributed by atoms with Crippen LogP contribution in [0.25, 0.3) is 0 Å². The Hall–Kier alpha value is -2.19.